The molecule has 0 aromatic carbocycles. The van der Waals surface area contributed by atoms with Gasteiger partial charge in [-0.1, -0.05) is 24.4 Å². The number of carbonyl (C=O) groups is 3. The van der Waals surface area contributed by atoms with Crippen LogP contribution in [0.4, 0.5) is 0 Å². The number of aliphatic hydroxyl groups excluding tert-OH is 1. The average Bonchev–Trinajstić information content (AvgIpc) is 2.86. The zero-order valence-corrected chi connectivity index (χ0v) is 15.0. The zero-order chi connectivity index (χ0) is 17.9. The van der Waals surface area contributed by atoms with Gasteiger partial charge in [0.05, 0.1) is 29.8 Å². The van der Waals surface area contributed by atoms with Crippen molar-refractivity contribution in [2.45, 2.75) is 24.8 Å². The van der Waals surface area contributed by atoms with Gasteiger partial charge >= 0.3 is 11.9 Å². The summed E-state index contributed by atoms with van der Waals surface area (Å²) >= 11 is 2.64. The number of rotatable bonds is 8. The van der Waals surface area contributed by atoms with E-state index in [1.165, 1.54) is 41.6 Å². The topological polar surface area (TPSA) is 93.1 Å². The van der Waals surface area contributed by atoms with Gasteiger partial charge in [0.25, 0.3) is 0 Å². The summed E-state index contributed by atoms with van der Waals surface area (Å²) < 4.78 is 10.3. The minimum absolute atomic E-state index is 0.0413. The predicted molar refractivity (Wildman–Crippen MR) is 90.7 cm³/mol. The molecule has 7 nitrogen and oxygen atoms in total. The standard InChI is InChI=1S/C15H19NO6S2/c1-4-6-22-14(20)11-15(23-7-5-9(18)21-3)24-13-10(8(2)17)12(19)16(11)13/h4,8,10,13,17H,1,5-7H2,2-3H3/t8-,10+,13-/m1/s1. The summed E-state index contributed by atoms with van der Waals surface area (Å²) in [4.78, 5) is 37.1. The Bertz CT molecular complexity index is 589. The van der Waals surface area contributed by atoms with Crippen LogP contribution in [0, 0.1) is 5.92 Å². The van der Waals surface area contributed by atoms with E-state index in [9.17, 15) is 19.5 Å². The van der Waals surface area contributed by atoms with Crippen LogP contribution in [0.5, 0.6) is 0 Å². The second-order valence-corrected chi connectivity index (χ2v) is 7.67. The number of carbonyl (C=O) groups excluding carboxylic acids is 3. The second kappa shape index (κ2) is 8.09. The van der Waals surface area contributed by atoms with Gasteiger partial charge in [-0.25, -0.2) is 4.79 Å². The molecule has 0 saturated carbocycles. The van der Waals surface area contributed by atoms with Crippen LogP contribution in [-0.2, 0) is 23.9 Å². The molecule has 0 spiro atoms. The Hall–Kier alpha value is -1.45. The van der Waals surface area contributed by atoms with E-state index in [0.717, 1.165) is 0 Å². The van der Waals surface area contributed by atoms with Crippen molar-refractivity contribution in [1.82, 2.24) is 4.90 Å². The predicted octanol–water partition coefficient (Wildman–Crippen LogP) is 1.09. The molecule has 0 aromatic rings. The molecule has 1 N–H and O–H groups in total. The molecule has 24 heavy (non-hydrogen) atoms. The van der Waals surface area contributed by atoms with Crippen LogP contribution in [0.1, 0.15) is 13.3 Å². The molecule has 0 aliphatic carbocycles. The van der Waals surface area contributed by atoms with Crippen molar-refractivity contribution in [3.8, 4) is 0 Å². The van der Waals surface area contributed by atoms with Gasteiger partial charge in [-0.05, 0) is 6.92 Å². The largest absolute Gasteiger partial charge is 0.469 e. The monoisotopic (exact) mass is 373 g/mol. The molecule has 1 saturated heterocycles. The number of ether oxygens (including phenoxy) is 2. The maximum absolute atomic E-state index is 12.3. The molecular weight excluding hydrogens is 354 g/mol. The highest BCUT2D eigenvalue weighted by Crippen LogP contribution is 2.54. The van der Waals surface area contributed by atoms with Crippen molar-refractivity contribution >= 4 is 41.4 Å². The number of fused-ring (bicyclic) bond motifs is 1. The van der Waals surface area contributed by atoms with E-state index < -0.39 is 18.0 Å². The Morgan fingerprint density at radius 1 is 1.54 bits per heavy atom. The second-order valence-electron chi connectivity index (χ2n) is 5.18. The van der Waals surface area contributed by atoms with Gasteiger partial charge in [0, 0.05) is 5.75 Å². The number of amides is 1. The lowest BCUT2D eigenvalue weighted by Gasteiger charge is -2.43. The first-order valence-corrected chi connectivity index (χ1v) is 9.18. The molecule has 2 heterocycles. The van der Waals surface area contributed by atoms with Gasteiger partial charge in [-0.3, -0.25) is 14.5 Å². The minimum atomic E-state index is -0.795. The van der Waals surface area contributed by atoms with Gasteiger partial charge in [-0.15, -0.1) is 11.8 Å². The van der Waals surface area contributed by atoms with Crippen LogP contribution in [0.2, 0.25) is 0 Å². The SMILES string of the molecule is C=CCOC(=O)C1=C(SCCC(=O)OC)S[C@@H]2[C@@H]([C@@H](C)O)C(=O)N12. The normalized spacial score (nSPS) is 23.5. The van der Waals surface area contributed by atoms with Crippen molar-refractivity contribution in [1.29, 1.82) is 0 Å². The molecule has 0 unspecified atom stereocenters. The van der Waals surface area contributed by atoms with Crippen molar-refractivity contribution in [3.63, 3.8) is 0 Å². The molecule has 9 heteroatoms. The first kappa shape index (κ1) is 18.9. The summed E-state index contributed by atoms with van der Waals surface area (Å²) in [7, 11) is 1.31. The number of β-lactam (4-membered cyclic amide) rings is 1. The summed E-state index contributed by atoms with van der Waals surface area (Å²) in [6, 6.07) is 0. The number of hydrogen-bond donors (Lipinski definition) is 1. The van der Waals surface area contributed by atoms with Crippen LogP contribution in [0.25, 0.3) is 0 Å². The average molecular weight is 373 g/mol. The van der Waals surface area contributed by atoms with Gasteiger partial charge < -0.3 is 14.6 Å². The summed E-state index contributed by atoms with van der Waals surface area (Å²) in [6.07, 6.45) is 0.841. The quantitative estimate of drug-likeness (QED) is 0.384. The van der Waals surface area contributed by atoms with Crippen molar-refractivity contribution in [2.75, 3.05) is 19.5 Å². The Labute approximate surface area is 148 Å². The first-order valence-electron chi connectivity index (χ1n) is 7.32. The van der Waals surface area contributed by atoms with Crippen molar-refractivity contribution < 1.29 is 29.0 Å². The molecule has 2 rings (SSSR count). The smallest absolute Gasteiger partial charge is 0.357 e. The van der Waals surface area contributed by atoms with Gasteiger partial charge in [-0.2, -0.15) is 0 Å². The number of nitrogens with zero attached hydrogens (tertiary/aromatic N) is 1. The summed E-state index contributed by atoms with van der Waals surface area (Å²) in [5, 5.41) is 9.43. The Balaban J connectivity index is 2.14. The fraction of sp³-hybridized carbons (Fsp3) is 0.533. The molecule has 3 atom stereocenters. The maximum atomic E-state index is 12.3. The van der Waals surface area contributed by atoms with Crippen molar-refractivity contribution in [3.05, 3.63) is 22.6 Å². The zero-order valence-electron chi connectivity index (χ0n) is 13.4. The molecule has 1 fully saturated rings. The highest BCUT2D eigenvalue weighted by atomic mass is 32.2. The summed E-state index contributed by atoms with van der Waals surface area (Å²) in [5.41, 5.74) is 0.184. The molecule has 0 bridgehead atoms. The van der Waals surface area contributed by atoms with E-state index in [4.69, 9.17) is 4.74 Å². The van der Waals surface area contributed by atoms with Crippen LogP contribution >= 0.6 is 23.5 Å². The third-order valence-electron chi connectivity index (χ3n) is 3.56. The van der Waals surface area contributed by atoms with E-state index in [2.05, 4.69) is 11.3 Å². The summed E-state index contributed by atoms with van der Waals surface area (Å²) in [6.45, 7) is 5.08. The number of methoxy groups -OCH3 is 1. The van der Waals surface area contributed by atoms with E-state index in [0.29, 0.717) is 9.99 Å². The Morgan fingerprint density at radius 3 is 2.83 bits per heavy atom. The third kappa shape index (κ3) is 3.62. The summed E-state index contributed by atoms with van der Waals surface area (Å²) in [5.74, 6) is -1.38. The van der Waals surface area contributed by atoms with Crippen LogP contribution in [-0.4, -0.2) is 58.8 Å². The lowest BCUT2D eigenvalue weighted by Crippen LogP contribution is -2.60. The molecule has 1 amide bonds. The third-order valence-corrected chi connectivity index (χ3v) is 6.22. The highest BCUT2D eigenvalue weighted by molar-refractivity contribution is 8.22. The molecule has 2 aliphatic heterocycles. The number of esters is 2. The van der Waals surface area contributed by atoms with E-state index in [1.54, 1.807) is 6.92 Å². The Morgan fingerprint density at radius 2 is 2.25 bits per heavy atom. The van der Waals surface area contributed by atoms with E-state index in [-0.39, 0.29) is 36.0 Å². The molecule has 132 valence electrons. The van der Waals surface area contributed by atoms with Crippen LogP contribution in [0.15, 0.2) is 22.6 Å². The fourth-order valence-electron chi connectivity index (χ4n) is 2.37. The number of thioether (sulfide) groups is 2. The number of aliphatic hydroxyl groups is 1. The van der Waals surface area contributed by atoms with Gasteiger partial charge in [0.1, 0.15) is 12.0 Å². The molecule has 2 aliphatic rings. The van der Waals surface area contributed by atoms with Crippen LogP contribution in [0.3, 0.4) is 0 Å². The van der Waals surface area contributed by atoms with E-state index in [1.807, 2.05) is 0 Å². The van der Waals surface area contributed by atoms with Crippen molar-refractivity contribution in [2.24, 2.45) is 5.92 Å². The molecule has 0 aromatic heterocycles. The minimum Gasteiger partial charge on any atom is -0.469 e. The number of hydrogen-bond acceptors (Lipinski definition) is 8. The van der Waals surface area contributed by atoms with Crippen LogP contribution < -0.4 is 0 Å². The Kier molecular flexibility index (Phi) is 6.36. The van der Waals surface area contributed by atoms with E-state index >= 15 is 0 Å². The molecule has 0 radical (unpaired) electrons. The fourth-order valence-corrected chi connectivity index (χ4v) is 5.28. The first-order chi connectivity index (χ1) is 11.4. The van der Waals surface area contributed by atoms with Gasteiger partial charge in [0.2, 0.25) is 5.91 Å². The van der Waals surface area contributed by atoms with Gasteiger partial charge in [0.15, 0.2) is 5.70 Å². The highest BCUT2D eigenvalue weighted by Gasteiger charge is 2.57. The lowest BCUT2D eigenvalue weighted by atomic mass is 9.92. The lowest BCUT2D eigenvalue weighted by molar-refractivity contribution is -0.157. The molecular formula is C15H19NO6S2. The maximum Gasteiger partial charge on any atom is 0.357 e.